The minimum atomic E-state index is -0.0513. The molecule has 0 saturated carbocycles. The SMILES string of the molecule is CCN1CCCC(NC(=O)CCl)C1. The third-order valence-corrected chi connectivity index (χ3v) is 2.68. The second kappa shape index (κ2) is 5.45. The van der Waals surface area contributed by atoms with Gasteiger partial charge in [0, 0.05) is 12.6 Å². The van der Waals surface area contributed by atoms with E-state index in [0.717, 1.165) is 26.1 Å². The summed E-state index contributed by atoms with van der Waals surface area (Å²) < 4.78 is 0. The van der Waals surface area contributed by atoms with Crippen molar-refractivity contribution in [1.29, 1.82) is 0 Å². The predicted molar refractivity (Wildman–Crippen MR) is 54.0 cm³/mol. The van der Waals surface area contributed by atoms with Crippen molar-refractivity contribution in [3.8, 4) is 0 Å². The monoisotopic (exact) mass is 204 g/mol. The third-order valence-electron chi connectivity index (χ3n) is 2.44. The molecule has 1 aliphatic heterocycles. The van der Waals surface area contributed by atoms with E-state index in [2.05, 4.69) is 17.1 Å². The van der Waals surface area contributed by atoms with Crippen LogP contribution in [0.2, 0.25) is 0 Å². The Hall–Kier alpha value is -0.280. The molecule has 76 valence electrons. The van der Waals surface area contributed by atoms with Gasteiger partial charge in [0.15, 0.2) is 0 Å². The van der Waals surface area contributed by atoms with E-state index >= 15 is 0 Å². The van der Waals surface area contributed by atoms with Crippen LogP contribution in [0.5, 0.6) is 0 Å². The van der Waals surface area contributed by atoms with Crippen LogP contribution in [0.25, 0.3) is 0 Å². The maximum absolute atomic E-state index is 11.0. The zero-order valence-electron chi connectivity index (χ0n) is 8.05. The molecule has 0 aromatic rings. The van der Waals surface area contributed by atoms with Gasteiger partial charge in [-0.05, 0) is 25.9 Å². The molecule has 0 bridgehead atoms. The average molecular weight is 205 g/mol. The van der Waals surface area contributed by atoms with Crippen molar-refractivity contribution < 1.29 is 4.79 Å². The second-order valence-electron chi connectivity index (χ2n) is 3.43. The zero-order valence-corrected chi connectivity index (χ0v) is 8.81. The van der Waals surface area contributed by atoms with Crippen molar-refractivity contribution in [1.82, 2.24) is 10.2 Å². The van der Waals surface area contributed by atoms with Crippen LogP contribution in [0.3, 0.4) is 0 Å². The molecule has 0 aromatic carbocycles. The Morgan fingerprint density at radius 3 is 3.08 bits per heavy atom. The van der Waals surface area contributed by atoms with Gasteiger partial charge < -0.3 is 10.2 Å². The Morgan fingerprint density at radius 2 is 2.46 bits per heavy atom. The van der Waals surface area contributed by atoms with Crippen molar-refractivity contribution in [2.24, 2.45) is 0 Å². The number of halogens is 1. The van der Waals surface area contributed by atoms with Crippen molar-refractivity contribution in [2.45, 2.75) is 25.8 Å². The number of rotatable bonds is 3. The molecule has 1 N–H and O–H groups in total. The molecule has 0 aromatic heterocycles. The highest BCUT2D eigenvalue weighted by molar-refractivity contribution is 6.27. The molecule has 1 unspecified atom stereocenters. The summed E-state index contributed by atoms with van der Waals surface area (Å²) in [5.41, 5.74) is 0. The van der Waals surface area contributed by atoms with Crippen LogP contribution in [0.4, 0.5) is 0 Å². The number of nitrogens with one attached hydrogen (secondary N) is 1. The lowest BCUT2D eigenvalue weighted by Crippen LogP contribution is -2.47. The third kappa shape index (κ3) is 3.53. The van der Waals surface area contributed by atoms with Gasteiger partial charge in [0.1, 0.15) is 5.88 Å². The minimum absolute atomic E-state index is 0.0513. The maximum Gasteiger partial charge on any atom is 0.235 e. The minimum Gasteiger partial charge on any atom is -0.351 e. The van der Waals surface area contributed by atoms with Gasteiger partial charge in [0.05, 0.1) is 0 Å². The molecule has 13 heavy (non-hydrogen) atoms. The quantitative estimate of drug-likeness (QED) is 0.691. The molecular weight excluding hydrogens is 188 g/mol. The molecule has 1 rings (SSSR count). The fourth-order valence-corrected chi connectivity index (χ4v) is 1.80. The molecule has 0 spiro atoms. The zero-order chi connectivity index (χ0) is 9.68. The van der Waals surface area contributed by atoms with E-state index in [1.165, 1.54) is 6.42 Å². The molecule has 4 heteroatoms. The van der Waals surface area contributed by atoms with Crippen molar-refractivity contribution in [3.63, 3.8) is 0 Å². The molecule has 0 radical (unpaired) electrons. The van der Waals surface area contributed by atoms with Gasteiger partial charge in [0.2, 0.25) is 5.91 Å². The number of likely N-dealkylation sites (tertiary alicyclic amines) is 1. The van der Waals surface area contributed by atoms with Crippen LogP contribution in [-0.4, -0.2) is 42.4 Å². The highest BCUT2D eigenvalue weighted by Crippen LogP contribution is 2.09. The fourth-order valence-electron chi connectivity index (χ4n) is 1.73. The van der Waals surface area contributed by atoms with Gasteiger partial charge in [-0.2, -0.15) is 0 Å². The first kappa shape index (κ1) is 10.8. The number of carbonyl (C=O) groups is 1. The number of amides is 1. The Bertz CT molecular complexity index is 175. The standard InChI is InChI=1S/C9H17ClN2O/c1-2-12-5-3-4-8(7-12)11-9(13)6-10/h8H,2-7H2,1H3,(H,11,13). The summed E-state index contributed by atoms with van der Waals surface area (Å²) in [4.78, 5) is 13.4. The van der Waals surface area contributed by atoms with Crippen LogP contribution in [0.15, 0.2) is 0 Å². The first-order chi connectivity index (χ1) is 6.26. The summed E-state index contributed by atoms with van der Waals surface area (Å²) in [6.07, 6.45) is 2.25. The smallest absolute Gasteiger partial charge is 0.235 e. The fraction of sp³-hybridized carbons (Fsp3) is 0.889. The Labute approximate surface area is 84.4 Å². The molecule has 1 aliphatic rings. The lowest BCUT2D eigenvalue weighted by molar-refractivity contribution is -0.119. The molecule has 1 fully saturated rings. The van der Waals surface area contributed by atoms with Crippen LogP contribution in [0.1, 0.15) is 19.8 Å². The number of alkyl halides is 1. The van der Waals surface area contributed by atoms with Crippen LogP contribution in [0, 0.1) is 0 Å². The molecular formula is C9H17ClN2O. The first-order valence-electron chi connectivity index (χ1n) is 4.84. The normalized spacial score (nSPS) is 24.3. The number of piperidine rings is 1. The number of likely N-dealkylation sites (N-methyl/N-ethyl adjacent to an activating group) is 1. The van der Waals surface area contributed by atoms with E-state index in [-0.39, 0.29) is 11.8 Å². The summed E-state index contributed by atoms with van der Waals surface area (Å²) in [5, 5.41) is 2.92. The number of carbonyl (C=O) groups excluding carboxylic acids is 1. The molecule has 1 saturated heterocycles. The highest BCUT2D eigenvalue weighted by atomic mass is 35.5. The van der Waals surface area contributed by atoms with Gasteiger partial charge in [-0.25, -0.2) is 0 Å². The Morgan fingerprint density at radius 1 is 1.69 bits per heavy atom. The van der Waals surface area contributed by atoms with E-state index < -0.39 is 0 Å². The lowest BCUT2D eigenvalue weighted by Gasteiger charge is -2.32. The average Bonchev–Trinajstić information content (AvgIpc) is 2.18. The number of hydrogen-bond donors (Lipinski definition) is 1. The number of hydrogen-bond acceptors (Lipinski definition) is 2. The highest BCUT2D eigenvalue weighted by Gasteiger charge is 2.19. The van der Waals surface area contributed by atoms with Gasteiger partial charge in [-0.1, -0.05) is 6.92 Å². The molecule has 1 amide bonds. The summed E-state index contributed by atoms with van der Waals surface area (Å²) in [6, 6.07) is 0.306. The predicted octanol–water partition coefficient (Wildman–Crippen LogP) is 0.826. The van der Waals surface area contributed by atoms with Crippen molar-refractivity contribution in [2.75, 3.05) is 25.5 Å². The van der Waals surface area contributed by atoms with E-state index in [4.69, 9.17) is 11.6 Å². The molecule has 1 heterocycles. The van der Waals surface area contributed by atoms with Gasteiger partial charge in [-0.3, -0.25) is 4.79 Å². The van der Waals surface area contributed by atoms with Gasteiger partial charge in [-0.15, -0.1) is 11.6 Å². The summed E-state index contributed by atoms with van der Waals surface area (Å²) >= 11 is 5.42. The second-order valence-corrected chi connectivity index (χ2v) is 3.70. The van der Waals surface area contributed by atoms with Crippen molar-refractivity contribution in [3.05, 3.63) is 0 Å². The summed E-state index contributed by atoms with van der Waals surface area (Å²) in [7, 11) is 0. The maximum atomic E-state index is 11.0. The largest absolute Gasteiger partial charge is 0.351 e. The Kier molecular flexibility index (Phi) is 4.53. The first-order valence-corrected chi connectivity index (χ1v) is 5.37. The van der Waals surface area contributed by atoms with Gasteiger partial charge in [0.25, 0.3) is 0 Å². The Balaban J connectivity index is 2.29. The molecule has 3 nitrogen and oxygen atoms in total. The van der Waals surface area contributed by atoms with Crippen LogP contribution < -0.4 is 5.32 Å². The van der Waals surface area contributed by atoms with E-state index in [1.807, 2.05) is 0 Å². The van der Waals surface area contributed by atoms with E-state index in [0.29, 0.717) is 6.04 Å². The van der Waals surface area contributed by atoms with E-state index in [1.54, 1.807) is 0 Å². The van der Waals surface area contributed by atoms with Crippen LogP contribution in [-0.2, 0) is 4.79 Å². The van der Waals surface area contributed by atoms with Gasteiger partial charge >= 0.3 is 0 Å². The topological polar surface area (TPSA) is 32.3 Å². The molecule has 0 aliphatic carbocycles. The number of nitrogens with zero attached hydrogens (tertiary/aromatic N) is 1. The summed E-state index contributed by atoms with van der Waals surface area (Å²) in [5.74, 6) is 0.0208. The summed E-state index contributed by atoms with van der Waals surface area (Å²) in [6.45, 7) is 5.34. The molecule has 1 atom stereocenters. The van der Waals surface area contributed by atoms with Crippen molar-refractivity contribution >= 4 is 17.5 Å². The van der Waals surface area contributed by atoms with Crippen LogP contribution >= 0.6 is 11.6 Å². The lowest BCUT2D eigenvalue weighted by atomic mass is 10.1. The van der Waals surface area contributed by atoms with E-state index in [9.17, 15) is 4.79 Å².